The minimum absolute atomic E-state index is 0.469. The van der Waals surface area contributed by atoms with Gasteiger partial charge in [0, 0.05) is 19.3 Å². The summed E-state index contributed by atoms with van der Waals surface area (Å²) in [6.07, 6.45) is 2.09. The van der Waals surface area contributed by atoms with Crippen LogP contribution in [0.4, 0.5) is 5.69 Å². The molecular formula is C13H16N2O2. The zero-order valence-corrected chi connectivity index (χ0v) is 9.69. The van der Waals surface area contributed by atoms with Crippen molar-refractivity contribution >= 4 is 5.69 Å². The molecule has 1 fully saturated rings. The Bertz CT molecular complexity index is 420. The summed E-state index contributed by atoms with van der Waals surface area (Å²) >= 11 is 0. The molecule has 0 saturated carbocycles. The third kappa shape index (κ3) is 3.11. The molecule has 0 unspecified atom stereocenters. The molecule has 2 N–H and O–H groups in total. The Morgan fingerprint density at radius 1 is 1.41 bits per heavy atom. The van der Waals surface area contributed by atoms with E-state index in [-0.39, 0.29) is 0 Å². The summed E-state index contributed by atoms with van der Waals surface area (Å²) in [4.78, 5) is 0. The number of nitrogens with two attached hydrogens (primary N) is 1. The van der Waals surface area contributed by atoms with Crippen LogP contribution in [0, 0.1) is 17.2 Å². The number of rotatable bonds is 3. The van der Waals surface area contributed by atoms with Crippen LogP contribution in [-0.4, -0.2) is 19.8 Å². The fourth-order valence-electron chi connectivity index (χ4n) is 1.86. The minimum atomic E-state index is 0.469. The van der Waals surface area contributed by atoms with Gasteiger partial charge in [0.25, 0.3) is 0 Å². The normalized spacial score (nSPS) is 16.4. The lowest BCUT2D eigenvalue weighted by atomic mass is 10.0. The lowest BCUT2D eigenvalue weighted by Crippen LogP contribution is -2.21. The van der Waals surface area contributed by atoms with Gasteiger partial charge < -0.3 is 15.2 Å². The zero-order valence-electron chi connectivity index (χ0n) is 9.69. The molecule has 1 saturated heterocycles. The lowest BCUT2D eigenvalue weighted by molar-refractivity contribution is 0.0497. The second-order valence-electron chi connectivity index (χ2n) is 4.23. The Labute approximate surface area is 101 Å². The van der Waals surface area contributed by atoms with Gasteiger partial charge in [-0.1, -0.05) is 0 Å². The smallest absolute Gasteiger partial charge is 0.121 e. The first-order chi connectivity index (χ1) is 8.29. The first-order valence-corrected chi connectivity index (χ1v) is 5.80. The molecule has 0 bridgehead atoms. The summed E-state index contributed by atoms with van der Waals surface area (Å²) in [7, 11) is 0. The highest BCUT2D eigenvalue weighted by molar-refractivity contribution is 5.56. The van der Waals surface area contributed by atoms with Crippen molar-refractivity contribution in [2.45, 2.75) is 12.8 Å². The molecule has 2 rings (SSSR count). The van der Waals surface area contributed by atoms with Crippen molar-refractivity contribution in [2.75, 3.05) is 25.6 Å². The summed E-state index contributed by atoms with van der Waals surface area (Å²) in [5, 5.41) is 8.76. The summed E-state index contributed by atoms with van der Waals surface area (Å²) in [5.74, 6) is 1.29. The summed E-state index contributed by atoms with van der Waals surface area (Å²) < 4.78 is 11.0. The SMILES string of the molecule is N#Cc1ccc(OCC2CCOCC2)cc1N. The van der Waals surface area contributed by atoms with Gasteiger partial charge in [0.15, 0.2) is 0 Å². The largest absolute Gasteiger partial charge is 0.493 e. The third-order valence-electron chi connectivity index (χ3n) is 2.97. The van der Waals surface area contributed by atoms with Crippen molar-refractivity contribution in [3.05, 3.63) is 23.8 Å². The maximum atomic E-state index is 8.76. The Morgan fingerprint density at radius 3 is 2.82 bits per heavy atom. The molecular weight excluding hydrogens is 216 g/mol. The second-order valence-corrected chi connectivity index (χ2v) is 4.23. The molecule has 0 aliphatic carbocycles. The molecule has 1 aliphatic rings. The molecule has 0 atom stereocenters. The second kappa shape index (κ2) is 5.55. The van der Waals surface area contributed by atoms with Crippen LogP contribution >= 0.6 is 0 Å². The van der Waals surface area contributed by atoms with Crippen molar-refractivity contribution in [3.63, 3.8) is 0 Å². The molecule has 4 heteroatoms. The van der Waals surface area contributed by atoms with Crippen molar-refractivity contribution < 1.29 is 9.47 Å². The van der Waals surface area contributed by atoms with Crippen LogP contribution in [-0.2, 0) is 4.74 Å². The van der Waals surface area contributed by atoms with E-state index in [0.717, 1.165) is 31.8 Å². The van der Waals surface area contributed by atoms with Crippen LogP contribution in [0.25, 0.3) is 0 Å². The van der Waals surface area contributed by atoms with E-state index in [0.29, 0.717) is 23.8 Å². The molecule has 90 valence electrons. The highest BCUT2D eigenvalue weighted by atomic mass is 16.5. The van der Waals surface area contributed by atoms with E-state index in [9.17, 15) is 0 Å². The Kier molecular flexibility index (Phi) is 3.84. The molecule has 1 aromatic rings. The molecule has 17 heavy (non-hydrogen) atoms. The topological polar surface area (TPSA) is 68.3 Å². The highest BCUT2D eigenvalue weighted by Gasteiger charge is 2.14. The van der Waals surface area contributed by atoms with Crippen LogP contribution in [0.1, 0.15) is 18.4 Å². The van der Waals surface area contributed by atoms with Crippen LogP contribution < -0.4 is 10.5 Å². The van der Waals surface area contributed by atoms with Gasteiger partial charge in [-0.25, -0.2) is 0 Å². The van der Waals surface area contributed by atoms with E-state index in [1.54, 1.807) is 18.2 Å². The van der Waals surface area contributed by atoms with E-state index in [2.05, 4.69) is 0 Å². The maximum Gasteiger partial charge on any atom is 0.121 e. The Balaban J connectivity index is 1.90. The molecule has 0 aromatic heterocycles. The number of hydrogen-bond donors (Lipinski definition) is 1. The number of ether oxygens (including phenoxy) is 2. The molecule has 1 aromatic carbocycles. The van der Waals surface area contributed by atoms with E-state index in [1.807, 2.05) is 6.07 Å². The fourth-order valence-corrected chi connectivity index (χ4v) is 1.86. The van der Waals surface area contributed by atoms with E-state index >= 15 is 0 Å². The first kappa shape index (κ1) is 11.7. The van der Waals surface area contributed by atoms with Crippen molar-refractivity contribution in [1.82, 2.24) is 0 Å². The van der Waals surface area contributed by atoms with E-state index in [1.165, 1.54) is 0 Å². The monoisotopic (exact) mass is 232 g/mol. The van der Waals surface area contributed by atoms with Crippen LogP contribution in [0.2, 0.25) is 0 Å². The number of hydrogen-bond acceptors (Lipinski definition) is 4. The van der Waals surface area contributed by atoms with Gasteiger partial charge >= 0.3 is 0 Å². The van der Waals surface area contributed by atoms with Crippen molar-refractivity contribution in [1.29, 1.82) is 5.26 Å². The zero-order chi connectivity index (χ0) is 12.1. The average molecular weight is 232 g/mol. The van der Waals surface area contributed by atoms with Gasteiger partial charge in [0.05, 0.1) is 17.9 Å². The summed E-state index contributed by atoms with van der Waals surface area (Å²) in [6.45, 7) is 2.34. The fraction of sp³-hybridized carbons (Fsp3) is 0.462. The van der Waals surface area contributed by atoms with Gasteiger partial charge in [-0.3, -0.25) is 0 Å². The van der Waals surface area contributed by atoms with Gasteiger partial charge in [-0.2, -0.15) is 5.26 Å². The van der Waals surface area contributed by atoms with Gasteiger partial charge in [-0.05, 0) is 30.9 Å². The Hall–Kier alpha value is -1.73. The van der Waals surface area contributed by atoms with E-state index in [4.69, 9.17) is 20.5 Å². The van der Waals surface area contributed by atoms with Gasteiger partial charge in [0.1, 0.15) is 11.8 Å². The van der Waals surface area contributed by atoms with Gasteiger partial charge in [0.2, 0.25) is 0 Å². The van der Waals surface area contributed by atoms with E-state index < -0.39 is 0 Å². The molecule has 1 aliphatic heterocycles. The standard InChI is InChI=1S/C13H16N2O2/c14-8-11-1-2-12(7-13(11)15)17-9-10-3-5-16-6-4-10/h1-2,7,10H,3-6,9,15H2. The molecule has 1 heterocycles. The maximum absolute atomic E-state index is 8.76. The minimum Gasteiger partial charge on any atom is -0.493 e. The molecule has 0 spiro atoms. The Morgan fingerprint density at radius 2 is 2.18 bits per heavy atom. The van der Waals surface area contributed by atoms with Crippen LogP contribution in [0.15, 0.2) is 18.2 Å². The van der Waals surface area contributed by atoms with Crippen molar-refractivity contribution in [3.8, 4) is 11.8 Å². The number of anilines is 1. The number of nitrogen functional groups attached to an aromatic ring is 1. The van der Waals surface area contributed by atoms with Crippen molar-refractivity contribution in [2.24, 2.45) is 5.92 Å². The summed E-state index contributed by atoms with van der Waals surface area (Å²) in [6, 6.07) is 7.21. The highest BCUT2D eigenvalue weighted by Crippen LogP contribution is 2.21. The number of benzene rings is 1. The predicted octanol–water partition coefficient (Wildman–Crippen LogP) is 1.95. The molecule has 0 radical (unpaired) electrons. The lowest BCUT2D eigenvalue weighted by Gasteiger charge is -2.22. The number of nitriles is 1. The van der Waals surface area contributed by atoms with Crippen LogP contribution in [0.3, 0.4) is 0 Å². The molecule has 4 nitrogen and oxygen atoms in total. The average Bonchev–Trinajstić information content (AvgIpc) is 2.38. The van der Waals surface area contributed by atoms with Gasteiger partial charge in [-0.15, -0.1) is 0 Å². The quantitative estimate of drug-likeness (QED) is 0.809. The third-order valence-corrected chi connectivity index (χ3v) is 2.97. The first-order valence-electron chi connectivity index (χ1n) is 5.80. The summed E-state index contributed by atoms with van der Waals surface area (Å²) in [5.41, 5.74) is 6.68. The number of nitrogens with zero attached hydrogens (tertiary/aromatic N) is 1. The predicted molar refractivity (Wildman–Crippen MR) is 64.6 cm³/mol. The molecule has 0 amide bonds. The van der Waals surface area contributed by atoms with Crippen LogP contribution in [0.5, 0.6) is 5.75 Å².